The SMILES string of the molecule is C=C1CCCCC1CC[C@@H]1CC[C@]2(C)[C@@H]([C@H](C)CCCC(C)C)CC[C@H]2C1=O. The van der Waals surface area contributed by atoms with Gasteiger partial charge in [-0.15, -0.1) is 0 Å². The van der Waals surface area contributed by atoms with Gasteiger partial charge in [-0.3, -0.25) is 4.79 Å². The van der Waals surface area contributed by atoms with Crippen molar-refractivity contribution < 1.29 is 4.79 Å². The van der Waals surface area contributed by atoms with Crippen LogP contribution in [0.15, 0.2) is 12.2 Å². The van der Waals surface area contributed by atoms with Crippen molar-refractivity contribution in [3.8, 4) is 0 Å². The van der Waals surface area contributed by atoms with Crippen molar-refractivity contribution in [3.05, 3.63) is 12.2 Å². The maximum Gasteiger partial charge on any atom is 0.139 e. The third-order valence-electron chi connectivity index (χ3n) is 9.06. The predicted octanol–water partition coefficient (Wildman–Crippen LogP) is 7.99. The lowest BCUT2D eigenvalue weighted by Gasteiger charge is -2.45. The van der Waals surface area contributed by atoms with E-state index in [0.717, 1.165) is 30.6 Å². The van der Waals surface area contributed by atoms with Gasteiger partial charge < -0.3 is 0 Å². The molecular formula is C27H46O. The molecule has 0 saturated heterocycles. The van der Waals surface area contributed by atoms with Crippen LogP contribution in [0.25, 0.3) is 0 Å². The van der Waals surface area contributed by atoms with E-state index in [-0.39, 0.29) is 0 Å². The Bertz CT molecular complexity index is 546. The molecule has 160 valence electrons. The van der Waals surface area contributed by atoms with Crippen molar-refractivity contribution in [1.29, 1.82) is 0 Å². The number of hydrogen-bond acceptors (Lipinski definition) is 1. The minimum Gasteiger partial charge on any atom is -0.299 e. The smallest absolute Gasteiger partial charge is 0.139 e. The maximum atomic E-state index is 13.4. The van der Waals surface area contributed by atoms with Gasteiger partial charge in [0.25, 0.3) is 0 Å². The molecule has 0 spiro atoms. The highest BCUT2D eigenvalue weighted by atomic mass is 16.1. The molecule has 3 fully saturated rings. The summed E-state index contributed by atoms with van der Waals surface area (Å²) in [5.41, 5.74) is 1.76. The quantitative estimate of drug-likeness (QED) is 0.386. The van der Waals surface area contributed by atoms with Crippen LogP contribution in [0.5, 0.6) is 0 Å². The molecule has 3 aliphatic carbocycles. The summed E-state index contributed by atoms with van der Waals surface area (Å²) < 4.78 is 0. The van der Waals surface area contributed by atoms with Gasteiger partial charge in [-0.25, -0.2) is 0 Å². The molecule has 0 N–H and O–H groups in total. The summed E-state index contributed by atoms with van der Waals surface area (Å²) in [6.45, 7) is 13.9. The number of hydrogen-bond donors (Lipinski definition) is 0. The fraction of sp³-hybridized carbons (Fsp3) is 0.889. The zero-order valence-electron chi connectivity index (χ0n) is 19.3. The van der Waals surface area contributed by atoms with Crippen molar-refractivity contribution in [1.82, 2.24) is 0 Å². The maximum absolute atomic E-state index is 13.4. The first-order valence-corrected chi connectivity index (χ1v) is 12.5. The molecule has 3 rings (SSSR count). The second-order valence-electron chi connectivity index (χ2n) is 11.4. The number of fused-ring (bicyclic) bond motifs is 1. The Kier molecular flexibility index (Phi) is 7.48. The van der Waals surface area contributed by atoms with Gasteiger partial charge in [0, 0.05) is 11.8 Å². The van der Waals surface area contributed by atoms with E-state index in [2.05, 4.69) is 34.3 Å². The molecule has 0 aromatic carbocycles. The lowest BCUT2D eigenvalue weighted by molar-refractivity contribution is -0.135. The van der Waals surface area contributed by atoms with Crippen molar-refractivity contribution in [2.75, 3.05) is 0 Å². The van der Waals surface area contributed by atoms with Crippen molar-refractivity contribution in [2.24, 2.45) is 40.9 Å². The zero-order valence-corrected chi connectivity index (χ0v) is 19.3. The molecule has 3 aliphatic rings. The summed E-state index contributed by atoms with van der Waals surface area (Å²) in [5.74, 6) is 4.42. The first kappa shape index (κ1) is 22.1. The average Bonchev–Trinajstić information content (AvgIpc) is 3.00. The summed E-state index contributed by atoms with van der Waals surface area (Å²) >= 11 is 0. The third-order valence-corrected chi connectivity index (χ3v) is 9.06. The Morgan fingerprint density at radius 1 is 1.00 bits per heavy atom. The van der Waals surface area contributed by atoms with Crippen LogP contribution in [-0.2, 0) is 4.79 Å². The summed E-state index contributed by atoms with van der Waals surface area (Å²) in [6.07, 6.45) is 16.5. The molecule has 28 heavy (non-hydrogen) atoms. The van der Waals surface area contributed by atoms with Gasteiger partial charge >= 0.3 is 0 Å². The standard InChI is InChI=1S/C27H46O/c1-19(2)9-8-11-21(4)24-15-16-25-26(28)23(17-18-27(24,25)5)14-13-22-12-7-6-10-20(22)3/h19,21-25H,3,6-18H2,1-2,4-5H3/t21-,22?,23-,24-,25+,27-/m1/s1. The number of carbonyl (C=O) groups is 1. The largest absolute Gasteiger partial charge is 0.299 e. The van der Waals surface area contributed by atoms with Gasteiger partial charge in [-0.2, -0.15) is 0 Å². The van der Waals surface area contributed by atoms with Gasteiger partial charge in [-0.05, 0) is 86.9 Å². The molecule has 0 amide bonds. The second kappa shape index (κ2) is 9.48. The minimum atomic E-state index is 0.291. The molecule has 3 saturated carbocycles. The fourth-order valence-electron chi connectivity index (χ4n) is 7.18. The Morgan fingerprint density at radius 3 is 2.46 bits per heavy atom. The average molecular weight is 387 g/mol. The predicted molar refractivity (Wildman–Crippen MR) is 120 cm³/mol. The fourth-order valence-corrected chi connectivity index (χ4v) is 7.18. The highest BCUT2D eigenvalue weighted by molar-refractivity contribution is 5.85. The van der Waals surface area contributed by atoms with E-state index in [9.17, 15) is 4.79 Å². The zero-order chi connectivity index (χ0) is 20.3. The van der Waals surface area contributed by atoms with Crippen LogP contribution in [0.1, 0.15) is 111 Å². The monoisotopic (exact) mass is 386 g/mol. The highest BCUT2D eigenvalue weighted by Crippen LogP contribution is 2.58. The number of allylic oxidation sites excluding steroid dienone is 1. The number of Topliss-reactive ketones (excluding diaryl/α,β-unsaturated/α-hetero) is 1. The lowest BCUT2D eigenvalue weighted by atomic mass is 9.59. The van der Waals surface area contributed by atoms with Crippen molar-refractivity contribution >= 4 is 5.78 Å². The second-order valence-corrected chi connectivity index (χ2v) is 11.4. The Labute approximate surface area is 175 Å². The minimum absolute atomic E-state index is 0.291. The van der Waals surface area contributed by atoms with E-state index in [1.54, 1.807) is 0 Å². The Morgan fingerprint density at radius 2 is 1.75 bits per heavy atom. The molecule has 0 heterocycles. The normalized spacial score (nSPS) is 37.3. The molecular weight excluding hydrogens is 340 g/mol. The van der Waals surface area contributed by atoms with Crippen molar-refractivity contribution in [3.63, 3.8) is 0 Å². The summed E-state index contributed by atoms with van der Waals surface area (Å²) in [6, 6.07) is 0. The highest BCUT2D eigenvalue weighted by Gasteiger charge is 2.54. The first-order chi connectivity index (χ1) is 13.3. The molecule has 6 atom stereocenters. The van der Waals surface area contributed by atoms with Crippen LogP contribution in [0, 0.1) is 40.9 Å². The van der Waals surface area contributed by atoms with Gasteiger partial charge in [0.2, 0.25) is 0 Å². The van der Waals surface area contributed by atoms with E-state index < -0.39 is 0 Å². The number of carbonyl (C=O) groups excluding carboxylic acids is 1. The van der Waals surface area contributed by atoms with Crippen LogP contribution < -0.4 is 0 Å². The van der Waals surface area contributed by atoms with Gasteiger partial charge in [0.15, 0.2) is 0 Å². The molecule has 1 nitrogen and oxygen atoms in total. The van der Waals surface area contributed by atoms with Crippen LogP contribution >= 0.6 is 0 Å². The van der Waals surface area contributed by atoms with E-state index in [0.29, 0.717) is 29.0 Å². The molecule has 1 unspecified atom stereocenters. The van der Waals surface area contributed by atoms with E-state index in [1.807, 2.05) is 0 Å². The van der Waals surface area contributed by atoms with Crippen LogP contribution in [0.2, 0.25) is 0 Å². The molecule has 0 bridgehead atoms. The summed E-state index contributed by atoms with van der Waals surface area (Å²) in [4.78, 5) is 13.4. The molecule has 1 heteroatoms. The Balaban J connectivity index is 1.54. The molecule has 0 aliphatic heterocycles. The third kappa shape index (κ3) is 4.76. The molecule has 0 radical (unpaired) electrons. The number of ketones is 1. The summed E-state index contributed by atoms with van der Waals surface area (Å²) in [7, 11) is 0. The first-order valence-electron chi connectivity index (χ1n) is 12.5. The Hall–Kier alpha value is -0.590. The van der Waals surface area contributed by atoms with Crippen LogP contribution in [0.4, 0.5) is 0 Å². The van der Waals surface area contributed by atoms with Crippen LogP contribution in [0.3, 0.4) is 0 Å². The topological polar surface area (TPSA) is 17.1 Å². The van der Waals surface area contributed by atoms with Gasteiger partial charge in [-0.1, -0.05) is 65.5 Å². The van der Waals surface area contributed by atoms with E-state index in [4.69, 9.17) is 0 Å². The summed E-state index contributed by atoms with van der Waals surface area (Å²) in [5, 5.41) is 0. The van der Waals surface area contributed by atoms with Gasteiger partial charge in [0.05, 0.1) is 0 Å². The van der Waals surface area contributed by atoms with E-state index >= 15 is 0 Å². The molecule has 0 aromatic heterocycles. The lowest BCUT2D eigenvalue weighted by Crippen LogP contribution is -2.43. The van der Waals surface area contributed by atoms with Crippen LogP contribution in [-0.4, -0.2) is 5.78 Å². The van der Waals surface area contributed by atoms with Crippen molar-refractivity contribution in [2.45, 2.75) is 111 Å². The van der Waals surface area contributed by atoms with Gasteiger partial charge in [0.1, 0.15) is 5.78 Å². The number of rotatable bonds is 8. The van der Waals surface area contributed by atoms with E-state index in [1.165, 1.54) is 76.2 Å². The molecule has 0 aromatic rings.